The van der Waals surface area contributed by atoms with Crippen LogP contribution in [0.3, 0.4) is 0 Å². The number of hydrogen-bond donors (Lipinski definition) is 0. The van der Waals surface area contributed by atoms with Crippen molar-refractivity contribution in [1.82, 2.24) is 0 Å². The molecule has 2 aliphatic heterocycles. The molecule has 1 unspecified atom stereocenters. The van der Waals surface area contributed by atoms with E-state index in [2.05, 4.69) is 11.8 Å². The minimum absolute atomic E-state index is 0.0000482. The number of benzene rings is 2. The highest BCUT2D eigenvalue weighted by molar-refractivity contribution is 8.01. The van der Waals surface area contributed by atoms with E-state index in [1.54, 1.807) is 0 Å². The second kappa shape index (κ2) is 10.9. The highest BCUT2D eigenvalue weighted by atomic mass is 32.2. The number of fused-ring (bicyclic) bond motifs is 1. The molecule has 3 aliphatic rings. The van der Waals surface area contributed by atoms with Gasteiger partial charge in [-0.05, 0) is 61.6 Å². The van der Waals surface area contributed by atoms with E-state index >= 15 is 0 Å². The molecule has 1 saturated carbocycles. The largest absolute Gasteiger partial charge is 0.486 e. The van der Waals surface area contributed by atoms with Gasteiger partial charge in [-0.1, -0.05) is 43.9 Å². The Morgan fingerprint density at radius 2 is 1.74 bits per heavy atom. The number of anilines is 1. The van der Waals surface area contributed by atoms with Crippen LogP contribution in [0.4, 0.5) is 5.69 Å². The SMILES string of the molecule is O=C(COc1ccc2c(c1)OCCO2)N(CC1(C2CCCCCC2)CCCS1)c1ccccc1. The zero-order valence-electron chi connectivity index (χ0n) is 19.9. The van der Waals surface area contributed by atoms with E-state index < -0.39 is 0 Å². The molecule has 0 radical (unpaired) electrons. The lowest BCUT2D eigenvalue weighted by atomic mass is 9.82. The quantitative estimate of drug-likeness (QED) is 0.447. The van der Waals surface area contributed by atoms with Crippen molar-refractivity contribution in [3.05, 3.63) is 48.5 Å². The Kier molecular flexibility index (Phi) is 7.53. The monoisotopic (exact) mass is 481 g/mol. The molecule has 5 rings (SSSR count). The number of carbonyl (C=O) groups is 1. The second-order valence-electron chi connectivity index (χ2n) is 9.61. The Labute approximate surface area is 207 Å². The maximum absolute atomic E-state index is 13.6. The number of rotatable bonds is 7. The number of thioether (sulfide) groups is 1. The molecule has 1 atom stereocenters. The Morgan fingerprint density at radius 3 is 2.47 bits per heavy atom. The van der Waals surface area contributed by atoms with Crippen LogP contribution < -0.4 is 19.1 Å². The van der Waals surface area contributed by atoms with Gasteiger partial charge in [-0.2, -0.15) is 11.8 Å². The number of nitrogens with zero attached hydrogens (tertiary/aromatic N) is 1. The lowest BCUT2D eigenvalue weighted by molar-refractivity contribution is -0.120. The molecule has 1 saturated heterocycles. The third-order valence-corrected chi connectivity index (χ3v) is 9.14. The summed E-state index contributed by atoms with van der Waals surface area (Å²) in [6.45, 7) is 1.84. The summed E-state index contributed by atoms with van der Waals surface area (Å²) >= 11 is 2.11. The number of para-hydroxylation sites is 1. The molecule has 1 aliphatic carbocycles. The van der Waals surface area contributed by atoms with Crippen LogP contribution in [-0.2, 0) is 4.79 Å². The zero-order chi connectivity index (χ0) is 23.2. The fourth-order valence-electron chi connectivity index (χ4n) is 5.64. The molecule has 1 amide bonds. The lowest BCUT2D eigenvalue weighted by Crippen LogP contribution is -2.48. The summed E-state index contributed by atoms with van der Waals surface area (Å²) in [6.07, 6.45) is 10.4. The molecular weight excluding hydrogens is 446 g/mol. The van der Waals surface area contributed by atoms with E-state index in [1.165, 1.54) is 57.1 Å². The molecular formula is C28H35NO4S. The molecule has 34 heavy (non-hydrogen) atoms. The third-order valence-electron chi connectivity index (χ3n) is 7.40. The van der Waals surface area contributed by atoms with Gasteiger partial charge < -0.3 is 19.1 Å². The van der Waals surface area contributed by atoms with E-state index in [0.29, 0.717) is 30.6 Å². The average molecular weight is 482 g/mol. The summed E-state index contributed by atoms with van der Waals surface area (Å²) in [4.78, 5) is 15.6. The van der Waals surface area contributed by atoms with Gasteiger partial charge in [0.1, 0.15) is 19.0 Å². The van der Waals surface area contributed by atoms with Crippen LogP contribution in [0.25, 0.3) is 0 Å². The van der Waals surface area contributed by atoms with E-state index in [9.17, 15) is 4.79 Å². The molecule has 2 aromatic rings. The molecule has 0 N–H and O–H groups in total. The number of amides is 1. The Bertz CT molecular complexity index is 952. The summed E-state index contributed by atoms with van der Waals surface area (Å²) in [5.74, 6) is 3.90. The minimum Gasteiger partial charge on any atom is -0.486 e. The van der Waals surface area contributed by atoms with Crippen LogP contribution in [0, 0.1) is 5.92 Å². The highest BCUT2D eigenvalue weighted by Crippen LogP contribution is 2.49. The van der Waals surface area contributed by atoms with E-state index in [0.717, 1.165) is 18.0 Å². The van der Waals surface area contributed by atoms with Gasteiger partial charge in [0.25, 0.3) is 5.91 Å². The second-order valence-corrected chi connectivity index (χ2v) is 11.1. The van der Waals surface area contributed by atoms with Crippen molar-refractivity contribution >= 4 is 23.4 Å². The van der Waals surface area contributed by atoms with Crippen LogP contribution >= 0.6 is 11.8 Å². The molecule has 0 spiro atoms. The molecule has 2 heterocycles. The lowest BCUT2D eigenvalue weighted by Gasteiger charge is -2.40. The molecule has 6 heteroatoms. The molecule has 5 nitrogen and oxygen atoms in total. The first-order valence-electron chi connectivity index (χ1n) is 12.8. The van der Waals surface area contributed by atoms with Gasteiger partial charge in [0.15, 0.2) is 18.1 Å². The van der Waals surface area contributed by atoms with Gasteiger partial charge in [-0.25, -0.2) is 0 Å². The Hall–Kier alpha value is -2.34. The summed E-state index contributed by atoms with van der Waals surface area (Å²) in [5, 5.41) is 0. The van der Waals surface area contributed by atoms with Gasteiger partial charge in [0.2, 0.25) is 0 Å². The fraction of sp³-hybridized carbons (Fsp3) is 0.536. The summed E-state index contributed by atoms with van der Waals surface area (Å²) < 4.78 is 17.4. The van der Waals surface area contributed by atoms with Gasteiger partial charge >= 0.3 is 0 Å². The van der Waals surface area contributed by atoms with Crippen LogP contribution in [0.15, 0.2) is 48.5 Å². The maximum Gasteiger partial charge on any atom is 0.264 e. The number of ether oxygens (including phenoxy) is 3. The maximum atomic E-state index is 13.6. The zero-order valence-corrected chi connectivity index (χ0v) is 20.7. The molecule has 0 bridgehead atoms. The topological polar surface area (TPSA) is 48.0 Å². The predicted molar refractivity (Wildman–Crippen MR) is 137 cm³/mol. The van der Waals surface area contributed by atoms with Crippen LogP contribution in [0.2, 0.25) is 0 Å². The highest BCUT2D eigenvalue weighted by Gasteiger charge is 2.44. The third kappa shape index (κ3) is 5.32. The van der Waals surface area contributed by atoms with Gasteiger partial charge in [0, 0.05) is 23.0 Å². The van der Waals surface area contributed by atoms with Crippen LogP contribution in [0.5, 0.6) is 17.2 Å². The molecule has 2 fully saturated rings. The van der Waals surface area contributed by atoms with Crippen LogP contribution in [0.1, 0.15) is 51.4 Å². The standard InChI is InChI=1S/C28H35NO4S/c30-27(20-33-24-13-14-25-26(19-24)32-17-16-31-25)29(23-11-6-3-7-12-23)21-28(15-8-18-34-28)22-9-4-1-2-5-10-22/h3,6-7,11-14,19,22H,1-2,4-5,8-10,15-18,20-21H2. The van der Waals surface area contributed by atoms with Crippen LogP contribution in [-0.4, -0.2) is 42.8 Å². The predicted octanol–water partition coefficient (Wildman–Crippen LogP) is 6.11. The van der Waals surface area contributed by atoms with Crippen molar-refractivity contribution in [2.24, 2.45) is 5.92 Å². The number of carbonyl (C=O) groups excluding carboxylic acids is 1. The van der Waals surface area contributed by atoms with E-state index in [-0.39, 0.29) is 17.3 Å². The number of hydrogen-bond acceptors (Lipinski definition) is 5. The van der Waals surface area contributed by atoms with Gasteiger partial charge in [-0.15, -0.1) is 0 Å². The van der Waals surface area contributed by atoms with Crippen molar-refractivity contribution in [1.29, 1.82) is 0 Å². The molecule has 0 aromatic heterocycles. The minimum atomic E-state index is -0.0000482. The first kappa shape index (κ1) is 23.4. The van der Waals surface area contributed by atoms with E-state index in [4.69, 9.17) is 14.2 Å². The van der Waals surface area contributed by atoms with Crippen molar-refractivity contribution in [2.75, 3.05) is 37.0 Å². The summed E-state index contributed by atoms with van der Waals surface area (Å²) in [5.41, 5.74) is 0.957. The Morgan fingerprint density at radius 1 is 0.971 bits per heavy atom. The van der Waals surface area contributed by atoms with Crippen molar-refractivity contribution < 1.29 is 19.0 Å². The first-order chi connectivity index (χ1) is 16.7. The summed E-state index contributed by atoms with van der Waals surface area (Å²) in [7, 11) is 0. The van der Waals surface area contributed by atoms with Gasteiger partial charge in [-0.3, -0.25) is 4.79 Å². The molecule has 182 valence electrons. The fourth-order valence-corrected chi connectivity index (χ4v) is 7.31. The first-order valence-corrected chi connectivity index (χ1v) is 13.7. The molecule has 2 aromatic carbocycles. The van der Waals surface area contributed by atoms with Crippen molar-refractivity contribution in [3.63, 3.8) is 0 Å². The normalized spacial score (nSPS) is 22.7. The van der Waals surface area contributed by atoms with Crippen molar-refractivity contribution in [2.45, 2.75) is 56.1 Å². The summed E-state index contributed by atoms with van der Waals surface area (Å²) in [6, 6.07) is 15.6. The smallest absolute Gasteiger partial charge is 0.264 e. The van der Waals surface area contributed by atoms with Crippen molar-refractivity contribution in [3.8, 4) is 17.2 Å². The van der Waals surface area contributed by atoms with E-state index in [1.807, 2.05) is 53.4 Å². The Balaban J connectivity index is 1.34. The average Bonchev–Trinajstić information content (AvgIpc) is 3.19. The van der Waals surface area contributed by atoms with Gasteiger partial charge in [0.05, 0.1) is 0 Å².